The molecule has 0 aliphatic rings. The molecule has 1 heterocycles. The summed E-state index contributed by atoms with van der Waals surface area (Å²) < 4.78 is 1.21. The summed E-state index contributed by atoms with van der Waals surface area (Å²) in [5.41, 5.74) is 0.830. The van der Waals surface area contributed by atoms with Gasteiger partial charge in [0.15, 0.2) is 0 Å². The lowest BCUT2D eigenvalue weighted by molar-refractivity contribution is 0.102. The lowest BCUT2D eigenvalue weighted by atomic mass is 9.96. The highest BCUT2D eigenvalue weighted by Crippen LogP contribution is 2.17. The smallest absolute Gasteiger partial charge is 0.293 e. The van der Waals surface area contributed by atoms with Crippen LogP contribution in [0.1, 0.15) is 46.9 Å². The van der Waals surface area contributed by atoms with Crippen LogP contribution in [-0.2, 0) is 7.05 Å². The zero-order chi connectivity index (χ0) is 15.7. The van der Waals surface area contributed by atoms with Gasteiger partial charge in [-0.3, -0.25) is 19.1 Å². The zero-order valence-electron chi connectivity index (χ0n) is 12.6. The predicted molar refractivity (Wildman–Crippen MR) is 81.0 cm³/mol. The number of carbonyl (C=O) groups is 1. The first-order valence-electron chi connectivity index (χ1n) is 6.77. The van der Waals surface area contributed by atoms with E-state index < -0.39 is 11.2 Å². The second-order valence-electron chi connectivity index (χ2n) is 5.43. The van der Waals surface area contributed by atoms with Crippen LogP contribution >= 0.6 is 0 Å². The van der Waals surface area contributed by atoms with Crippen LogP contribution in [0.15, 0.2) is 33.9 Å². The van der Waals surface area contributed by atoms with Gasteiger partial charge in [0, 0.05) is 18.2 Å². The Morgan fingerprint density at radius 3 is 2.48 bits per heavy atom. The summed E-state index contributed by atoms with van der Waals surface area (Å²) in [5.74, 6) is -0.475. The van der Waals surface area contributed by atoms with Crippen LogP contribution in [0.4, 0.5) is 0 Å². The van der Waals surface area contributed by atoms with E-state index in [0.29, 0.717) is 11.1 Å². The number of nitrogens with one attached hydrogen (secondary N) is 1. The van der Waals surface area contributed by atoms with Crippen molar-refractivity contribution in [2.24, 2.45) is 7.05 Å². The number of benzene rings is 1. The van der Waals surface area contributed by atoms with Crippen LogP contribution in [0.25, 0.3) is 0 Å². The van der Waals surface area contributed by atoms with Crippen molar-refractivity contribution >= 4 is 5.78 Å². The second-order valence-corrected chi connectivity index (χ2v) is 5.43. The first kappa shape index (κ1) is 15.0. The highest BCUT2D eigenvalue weighted by Gasteiger charge is 2.22. The number of hydrogen-bond acceptors (Lipinski definition) is 3. The van der Waals surface area contributed by atoms with Crippen LogP contribution in [0, 0.1) is 6.92 Å². The Morgan fingerprint density at radius 2 is 1.90 bits per heavy atom. The largest absolute Gasteiger partial charge is 0.328 e. The number of H-pyrrole nitrogens is 1. The van der Waals surface area contributed by atoms with Crippen LogP contribution in [0.3, 0.4) is 0 Å². The molecule has 0 amide bonds. The van der Waals surface area contributed by atoms with Gasteiger partial charge in [-0.15, -0.1) is 0 Å². The maximum absolute atomic E-state index is 12.7. The molecule has 1 N–H and O–H groups in total. The van der Waals surface area contributed by atoms with Gasteiger partial charge in [0.1, 0.15) is 5.69 Å². The summed E-state index contributed by atoms with van der Waals surface area (Å²) in [4.78, 5) is 38.8. The molecule has 0 spiro atoms. The molecule has 2 rings (SSSR count). The van der Waals surface area contributed by atoms with E-state index in [1.54, 1.807) is 18.2 Å². The minimum absolute atomic E-state index is 0.157. The van der Waals surface area contributed by atoms with Crippen molar-refractivity contribution < 1.29 is 4.79 Å². The van der Waals surface area contributed by atoms with Gasteiger partial charge in [-0.2, -0.15) is 0 Å². The quantitative estimate of drug-likeness (QED) is 0.873. The summed E-state index contributed by atoms with van der Waals surface area (Å²) in [6, 6.07) is 7.10. The molecule has 5 nitrogen and oxygen atoms in total. The van der Waals surface area contributed by atoms with Crippen molar-refractivity contribution in [2.75, 3.05) is 0 Å². The third-order valence-corrected chi connectivity index (χ3v) is 3.43. The van der Waals surface area contributed by atoms with E-state index in [1.807, 2.05) is 26.8 Å². The van der Waals surface area contributed by atoms with Gasteiger partial charge in [0.2, 0.25) is 5.78 Å². The molecule has 0 aliphatic heterocycles. The van der Waals surface area contributed by atoms with E-state index in [9.17, 15) is 14.4 Å². The highest BCUT2D eigenvalue weighted by molar-refractivity contribution is 6.08. The van der Waals surface area contributed by atoms with Crippen molar-refractivity contribution in [3.8, 4) is 0 Å². The second kappa shape index (κ2) is 5.52. The maximum atomic E-state index is 12.7. The normalized spacial score (nSPS) is 10.9. The van der Waals surface area contributed by atoms with E-state index in [-0.39, 0.29) is 17.4 Å². The number of aryl methyl sites for hydroxylation is 1. The van der Waals surface area contributed by atoms with Gasteiger partial charge in [-0.25, -0.2) is 4.79 Å². The third kappa shape index (κ3) is 2.72. The highest BCUT2D eigenvalue weighted by atomic mass is 16.2. The molecule has 0 fully saturated rings. The van der Waals surface area contributed by atoms with E-state index in [4.69, 9.17) is 0 Å². The SMILES string of the molecule is Cc1cccc(C(=O)c2c(C(C)C)c(=O)[nH]c(=O)n2C)c1. The molecule has 1 aromatic carbocycles. The number of aromatic amines is 1. The van der Waals surface area contributed by atoms with Gasteiger partial charge < -0.3 is 0 Å². The minimum Gasteiger partial charge on any atom is -0.293 e. The monoisotopic (exact) mass is 286 g/mol. The van der Waals surface area contributed by atoms with E-state index in [1.165, 1.54) is 11.6 Å². The van der Waals surface area contributed by atoms with E-state index >= 15 is 0 Å². The van der Waals surface area contributed by atoms with Crippen LogP contribution < -0.4 is 11.2 Å². The lowest BCUT2D eigenvalue weighted by Crippen LogP contribution is -2.36. The minimum atomic E-state index is -0.583. The molecule has 110 valence electrons. The average Bonchev–Trinajstić information content (AvgIpc) is 2.41. The number of carbonyl (C=O) groups excluding carboxylic acids is 1. The Balaban J connectivity index is 2.76. The summed E-state index contributed by atoms with van der Waals surface area (Å²) in [6.07, 6.45) is 0. The molecule has 1 aromatic heterocycles. The summed E-state index contributed by atoms with van der Waals surface area (Å²) in [7, 11) is 1.49. The number of rotatable bonds is 3. The Bertz CT molecular complexity index is 813. The molecule has 0 saturated carbocycles. The van der Waals surface area contributed by atoms with Crippen LogP contribution in [0.5, 0.6) is 0 Å². The Morgan fingerprint density at radius 1 is 1.24 bits per heavy atom. The fourth-order valence-corrected chi connectivity index (χ4v) is 2.37. The summed E-state index contributed by atoms with van der Waals surface area (Å²) in [5, 5.41) is 0. The molecule has 0 unspecified atom stereocenters. The van der Waals surface area contributed by atoms with Crippen molar-refractivity contribution in [1.29, 1.82) is 0 Å². The van der Waals surface area contributed by atoms with Gasteiger partial charge in [0.25, 0.3) is 5.56 Å². The first-order valence-corrected chi connectivity index (χ1v) is 6.77. The molecule has 2 aromatic rings. The fraction of sp³-hybridized carbons (Fsp3) is 0.312. The van der Waals surface area contributed by atoms with Gasteiger partial charge in [-0.1, -0.05) is 37.6 Å². The molecular formula is C16H18N2O3. The van der Waals surface area contributed by atoms with E-state index in [0.717, 1.165) is 5.56 Å². The Hall–Kier alpha value is -2.43. The lowest BCUT2D eigenvalue weighted by Gasteiger charge is -2.14. The van der Waals surface area contributed by atoms with Crippen molar-refractivity contribution in [2.45, 2.75) is 26.7 Å². The number of ketones is 1. The van der Waals surface area contributed by atoms with E-state index in [2.05, 4.69) is 4.98 Å². The number of nitrogens with zero attached hydrogens (tertiary/aromatic N) is 1. The topological polar surface area (TPSA) is 71.9 Å². The number of aromatic nitrogens is 2. The molecule has 5 heteroatoms. The fourth-order valence-electron chi connectivity index (χ4n) is 2.37. The molecular weight excluding hydrogens is 268 g/mol. The van der Waals surface area contributed by atoms with Gasteiger partial charge in [0.05, 0.1) is 0 Å². The molecule has 0 bridgehead atoms. The summed E-state index contributed by atoms with van der Waals surface area (Å²) >= 11 is 0. The first-order chi connectivity index (χ1) is 9.82. The number of hydrogen-bond donors (Lipinski definition) is 1. The molecule has 0 aliphatic carbocycles. The molecule has 21 heavy (non-hydrogen) atoms. The molecule has 0 atom stereocenters. The molecule has 0 saturated heterocycles. The van der Waals surface area contributed by atoms with Crippen LogP contribution in [-0.4, -0.2) is 15.3 Å². The van der Waals surface area contributed by atoms with Gasteiger partial charge in [-0.05, 0) is 18.9 Å². The Labute approximate surface area is 122 Å². The van der Waals surface area contributed by atoms with Crippen molar-refractivity contribution in [3.05, 3.63) is 67.5 Å². The zero-order valence-corrected chi connectivity index (χ0v) is 12.6. The standard InChI is InChI=1S/C16H18N2O3/c1-9(2)12-13(18(4)16(21)17-15(12)20)14(19)11-7-5-6-10(3)8-11/h5-9H,1-4H3,(H,17,20,21). The average molecular weight is 286 g/mol. The summed E-state index contributed by atoms with van der Waals surface area (Å²) in [6.45, 7) is 5.53. The van der Waals surface area contributed by atoms with Crippen LogP contribution in [0.2, 0.25) is 0 Å². The third-order valence-electron chi connectivity index (χ3n) is 3.43. The molecule has 0 radical (unpaired) electrons. The maximum Gasteiger partial charge on any atom is 0.328 e. The van der Waals surface area contributed by atoms with Crippen molar-refractivity contribution in [3.63, 3.8) is 0 Å². The van der Waals surface area contributed by atoms with Crippen molar-refractivity contribution in [1.82, 2.24) is 9.55 Å². The van der Waals surface area contributed by atoms with Gasteiger partial charge >= 0.3 is 5.69 Å². The predicted octanol–water partition coefficient (Wildman–Crippen LogP) is 1.74. The Kier molecular flexibility index (Phi) is 3.93.